The molecule has 0 aliphatic carbocycles. The Bertz CT molecular complexity index is 581. The molecule has 110 valence electrons. The lowest BCUT2D eigenvalue weighted by Crippen LogP contribution is -2.37. The molecular weight excluding hydrogens is 260 g/mol. The summed E-state index contributed by atoms with van der Waals surface area (Å²) in [5, 5.41) is 2.97. The molecular formula is C18H22N2O. The zero-order valence-corrected chi connectivity index (χ0v) is 12.7. The van der Waals surface area contributed by atoms with E-state index in [1.807, 2.05) is 42.5 Å². The number of carbonyl (C=O) groups excluding carboxylic acids is 1. The second-order valence-electron chi connectivity index (χ2n) is 5.12. The first-order valence-electron chi connectivity index (χ1n) is 7.31. The Morgan fingerprint density at radius 1 is 1.10 bits per heavy atom. The van der Waals surface area contributed by atoms with Gasteiger partial charge in [0.25, 0.3) is 0 Å². The van der Waals surface area contributed by atoms with Crippen molar-refractivity contribution in [3.05, 3.63) is 65.7 Å². The molecule has 0 saturated carbocycles. The Hall–Kier alpha value is -2.29. The number of nitrogens with zero attached hydrogens (tertiary/aromatic N) is 1. The SMILES string of the molecule is CCN(CC(=O)NCc1ccccc1)c1cccc(C)c1. The fourth-order valence-corrected chi connectivity index (χ4v) is 2.24. The Morgan fingerprint density at radius 3 is 2.52 bits per heavy atom. The van der Waals surface area contributed by atoms with Gasteiger partial charge in [-0.3, -0.25) is 4.79 Å². The van der Waals surface area contributed by atoms with Crippen molar-refractivity contribution >= 4 is 11.6 Å². The highest BCUT2D eigenvalue weighted by atomic mass is 16.2. The lowest BCUT2D eigenvalue weighted by atomic mass is 10.2. The summed E-state index contributed by atoms with van der Waals surface area (Å²) in [5.74, 6) is 0.0437. The molecule has 0 radical (unpaired) electrons. The van der Waals surface area contributed by atoms with E-state index in [1.165, 1.54) is 5.56 Å². The molecule has 0 spiro atoms. The molecule has 0 unspecified atom stereocenters. The van der Waals surface area contributed by atoms with Crippen molar-refractivity contribution in [3.8, 4) is 0 Å². The zero-order valence-electron chi connectivity index (χ0n) is 12.7. The molecule has 0 atom stereocenters. The van der Waals surface area contributed by atoms with Crippen molar-refractivity contribution in [2.24, 2.45) is 0 Å². The summed E-state index contributed by atoms with van der Waals surface area (Å²) in [5.41, 5.74) is 3.41. The maximum Gasteiger partial charge on any atom is 0.239 e. The highest BCUT2D eigenvalue weighted by Crippen LogP contribution is 2.15. The summed E-state index contributed by atoms with van der Waals surface area (Å²) in [6.45, 7) is 5.89. The van der Waals surface area contributed by atoms with E-state index >= 15 is 0 Å². The molecule has 2 aromatic rings. The Labute approximate surface area is 126 Å². The van der Waals surface area contributed by atoms with Gasteiger partial charge in [-0.15, -0.1) is 0 Å². The molecule has 0 aliphatic rings. The minimum absolute atomic E-state index is 0.0437. The van der Waals surface area contributed by atoms with Crippen LogP contribution in [0.1, 0.15) is 18.1 Å². The second-order valence-corrected chi connectivity index (χ2v) is 5.12. The number of nitrogens with one attached hydrogen (secondary N) is 1. The molecule has 0 aromatic heterocycles. The van der Waals surface area contributed by atoms with Crippen molar-refractivity contribution in [2.75, 3.05) is 18.0 Å². The van der Waals surface area contributed by atoms with Crippen molar-refractivity contribution in [1.82, 2.24) is 5.32 Å². The van der Waals surface area contributed by atoms with Crippen LogP contribution in [-0.2, 0) is 11.3 Å². The highest BCUT2D eigenvalue weighted by molar-refractivity contribution is 5.81. The van der Waals surface area contributed by atoms with Crippen LogP contribution in [0.4, 0.5) is 5.69 Å². The molecule has 0 saturated heterocycles. The van der Waals surface area contributed by atoms with Crippen LogP contribution in [0.25, 0.3) is 0 Å². The summed E-state index contributed by atoms with van der Waals surface area (Å²) in [7, 11) is 0. The van der Waals surface area contributed by atoms with E-state index in [0.29, 0.717) is 13.1 Å². The first-order valence-corrected chi connectivity index (χ1v) is 7.31. The van der Waals surface area contributed by atoms with Crippen molar-refractivity contribution < 1.29 is 4.79 Å². The van der Waals surface area contributed by atoms with Gasteiger partial charge in [-0.2, -0.15) is 0 Å². The zero-order chi connectivity index (χ0) is 15.1. The van der Waals surface area contributed by atoms with Gasteiger partial charge in [0, 0.05) is 18.8 Å². The van der Waals surface area contributed by atoms with E-state index in [9.17, 15) is 4.79 Å². The molecule has 0 aliphatic heterocycles. The maximum absolute atomic E-state index is 12.1. The van der Waals surface area contributed by atoms with Crippen molar-refractivity contribution in [3.63, 3.8) is 0 Å². The lowest BCUT2D eigenvalue weighted by molar-refractivity contribution is -0.119. The summed E-state index contributed by atoms with van der Waals surface area (Å²) < 4.78 is 0. The third-order valence-electron chi connectivity index (χ3n) is 3.42. The maximum atomic E-state index is 12.1. The predicted molar refractivity (Wildman–Crippen MR) is 87.4 cm³/mol. The average Bonchev–Trinajstić information content (AvgIpc) is 2.51. The normalized spacial score (nSPS) is 10.2. The summed E-state index contributed by atoms with van der Waals surface area (Å²) in [4.78, 5) is 14.2. The minimum atomic E-state index is 0.0437. The van der Waals surface area contributed by atoms with E-state index in [2.05, 4.69) is 36.2 Å². The standard InChI is InChI=1S/C18H22N2O/c1-3-20(17-11-7-8-15(2)12-17)14-18(21)19-13-16-9-5-4-6-10-16/h4-12H,3,13-14H2,1-2H3,(H,19,21). The quantitative estimate of drug-likeness (QED) is 0.883. The number of carbonyl (C=O) groups is 1. The number of aryl methyl sites for hydroxylation is 1. The average molecular weight is 282 g/mol. The van der Waals surface area contributed by atoms with Crippen LogP contribution in [0.2, 0.25) is 0 Å². The number of amides is 1. The van der Waals surface area contributed by atoms with Gasteiger partial charge in [0.2, 0.25) is 5.91 Å². The second kappa shape index (κ2) is 7.48. The first kappa shape index (κ1) is 15.1. The smallest absolute Gasteiger partial charge is 0.239 e. The molecule has 3 nitrogen and oxygen atoms in total. The number of benzene rings is 2. The molecule has 1 amide bonds. The van der Waals surface area contributed by atoms with Gasteiger partial charge >= 0.3 is 0 Å². The van der Waals surface area contributed by atoms with Gasteiger partial charge in [0.1, 0.15) is 0 Å². The van der Waals surface area contributed by atoms with Crippen LogP contribution >= 0.6 is 0 Å². The van der Waals surface area contributed by atoms with Gasteiger partial charge in [-0.25, -0.2) is 0 Å². The number of likely N-dealkylation sites (N-methyl/N-ethyl adjacent to an activating group) is 1. The highest BCUT2D eigenvalue weighted by Gasteiger charge is 2.09. The van der Waals surface area contributed by atoms with Gasteiger partial charge < -0.3 is 10.2 Å². The number of rotatable bonds is 6. The molecule has 0 fully saturated rings. The molecule has 3 heteroatoms. The van der Waals surface area contributed by atoms with E-state index in [0.717, 1.165) is 17.8 Å². The third kappa shape index (κ3) is 4.63. The molecule has 0 bridgehead atoms. The molecule has 2 rings (SSSR count). The molecule has 21 heavy (non-hydrogen) atoms. The van der Waals surface area contributed by atoms with E-state index in [-0.39, 0.29) is 5.91 Å². The Kier molecular flexibility index (Phi) is 5.38. The summed E-state index contributed by atoms with van der Waals surface area (Å²) in [6, 6.07) is 18.2. The largest absolute Gasteiger partial charge is 0.362 e. The predicted octanol–water partition coefficient (Wildman–Crippen LogP) is 3.14. The van der Waals surface area contributed by atoms with Crippen LogP contribution in [0.15, 0.2) is 54.6 Å². The van der Waals surface area contributed by atoms with Crippen LogP contribution < -0.4 is 10.2 Å². The fraction of sp³-hybridized carbons (Fsp3) is 0.278. The first-order chi connectivity index (χ1) is 10.2. The third-order valence-corrected chi connectivity index (χ3v) is 3.42. The Morgan fingerprint density at radius 2 is 1.86 bits per heavy atom. The molecule has 1 N–H and O–H groups in total. The molecule has 2 aromatic carbocycles. The van der Waals surface area contributed by atoms with Crippen molar-refractivity contribution in [1.29, 1.82) is 0 Å². The monoisotopic (exact) mass is 282 g/mol. The van der Waals surface area contributed by atoms with Gasteiger partial charge in [-0.05, 0) is 37.1 Å². The summed E-state index contributed by atoms with van der Waals surface area (Å²) in [6.07, 6.45) is 0. The van der Waals surface area contributed by atoms with Gasteiger partial charge in [0.15, 0.2) is 0 Å². The van der Waals surface area contributed by atoms with Gasteiger partial charge in [0.05, 0.1) is 6.54 Å². The number of hydrogen-bond acceptors (Lipinski definition) is 2. The molecule has 0 heterocycles. The van der Waals surface area contributed by atoms with E-state index in [1.54, 1.807) is 0 Å². The van der Waals surface area contributed by atoms with E-state index < -0.39 is 0 Å². The van der Waals surface area contributed by atoms with Crippen LogP contribution in [0, 0.1) is 6.92 Å². The van der Waals surface area contributed by atoms with E-state index in [4.69, 9.17) is 0 Å². The fourth-order valence-electron chi connectivity index (χ4n) is 2.24. The topological polar surface area (TPSA) is 32.3 Å². The number of hydrogen-bond donors (Lipinski definition) is 1. The van der Waals surface area contributed by atoms with Crippen molar-refractivity contribution in [2.45, 2.75) is 20.4 Å². The minimum Gasteiger partial charge on any atom is -0.362 e. The Balaban J connectivity index is 1.91. The number of anilines is 1. The van der Waals surface area contributed by atoms with Crippen LogP contribution in [0.5, 0.6) is 0 Å². The van der Waals surface area contributed by atoms with Gasteiger partial charge in [-0.1, -0.05) is 42.5 Å². The van der Waals surface area contributed by atoms with Crippen LogP contribution in [0.3, 0.4) is 0 Å². The summed E-state index contributed by atoms with van der Waals surface area (Å²) >= 11 is 0. The van der Waals surface area contributed by atoms with Crippen LogP contribution in [-0.4, -0.2) is 19.0 Å². The lowest BCUT2D eigenvalue weighted by Gasteiger charge is -2.22.